The first-order chi connectivity index (χ1) is 12.7. The lowest BCUT2D eigenvalue weighted by Crippen LogP contribution is -2.35. The molecule has 1 atom stereocenters. The van der Waals surface area contributed by atoms with Crippen molar-refractivity contribution in [3.63, 3.8) is 0 Å². The Hall–Kier alpha value is -2.88. The largest absolute Gasteiger partial charge is 0.465 e. The van der Waals surface area contributed by atoms with Crippen LogP contribution in [-0.2, 0) is 16.0 Å². The predicted octanol–water partition coefficient (Wildman–Crippen LogP) is 3.72. The predicted molar refractivity (Wildman–Crippen MR) is 102 cm³/mol. The van der Waals surface area contributed by atoms with E-state index in [1.54, 1.807) is 24.3 Å². The number of hydrogen-bond acceptors (Lipinski definition) is 3. The number of carbonyl (C=O) groups is 2. The quantitative estimate of drug-likeness (QED) is 0.610. The van der Waals surface area contributed by atoms with Crippen molar-refractivity contribution in [3.05, 3.63) is 77.4 Å². The topological polar surface area (TPSA) is 46.6 Å². The molecule has 1 saturated heterocycles. The number of methoxy groups -OCH3 is 1. The molecule has 1 heterocycles. The van der Waals surface area contributed by atoms with Crippen LogP contribution in [0.4, 0.5) is 0 Å². The summed E-state index contributed by atoms with van der Waals surface area (Å²) in [6, 6.07) is 17.6. The smallest absolute Gasteiger partial charge is 0.337 e. The van der Waals surface area contributed by atoms with Gasteiger partial charge < -0.3 is 9.64 Å². The molecule has 0 aromatic heterocycles. The molecule has 1 fully saturated rings. The summed E-state index contributed by atoms with van der Waals surface area (Å²) in [7, 11) is 1.36. The van der Waals surface area contributed by atoms with Crippen molar-refractivity contribution in [2.45, 2.75) is 25.3 Å². The van der Waals surface area contributed by atoms with Crippen LogP contribution in [0.2, 0.25) is 0 Å². The van der Waals surface area contributed by atoms with Gasteiger partial charge in [-0.3, -0.25) is 4.79 Å². The average Bonchev–Trinajstić information content (AvgIpc) is 3.15. The number of amides is 1. The van der Waals surface area contributed by atoms with E-state index in [-0.39, 0.29) is 17.9 Å². The zero-order valence-corrected chi connectivity index (χ0v) is 14.9. The zero-order valence-electron chi connectivity index (χ0n) is 14.9. The number of nitrogens with zero attached hydrogens (tertiary/aromatic N) is 1. The fourth-order valence-corrected chi connectivity index (χ4v) is 3.34. The monoisotopic (exact) mass is 349 g/mol. The SMILES string of the molecule is COC(=O)c1ccc(/C=C/C(=O)N2CCCC2Cc2ccccc2)cc1. The third-order valence-electron chi connectivity index (χ3n) is 4.72. The van der Waals surface area contributed by atoms with Crippen molar-refractivity contribution in [2.75, 3.05) is 13.7 Å². The third-order valence-corrected chi connectivity index (χ3v) is 4.72. The van der Waals surface area contributed by atoms with Crippen LogP contribution in [0.5, 0.6) is 0 Å². The van der Waals surface area contributed by atoms with Crippen LogP contribution in [0.1, 0.15) is 34.3 Å². The summed E-state index contributed by atoms with van der Waals surface area (Å²) < 4.78 is 4.68. The summed E-state index contributed by atoms with van der Waals surface area (Å²) in [5.41, 5.74) is 2.64. The average molecular weight is 349 g/mol. The molecular formula is C22H23NO3. The number of carbonyl (C=O) groups excluding carboxylic acids is 2. The first kappa shape index (κ1) is 17.9. The minimum absolute atomic E-state index is 0.0421. The Balaban J connectivity index is 1.63. The second-order valence-corrected chi connectivity index (χ2v) is 6.46. The second-order valence-electron chi connectivity index (χ2n) is 6.46. The van der Waals surface area contributed by atoms with Gasteiger partial charge in [0.1, 0.15) is 0 Å². The van der Waals surface area contributed by atoms with Gasteiger partial charge in [0.25, 0.3) is 0 Å². The Bertz CT molecular complexity index is 781. The van der Waals surface area contributed by atoms with Crippen molar-refractivity contribution in [1.82, 2.24) is 4.90 Å². The van der Waals surface area contributed by atoms with Gasteiger partial charge in [0.15, 0.2) is 0 Å². The molecule has 26 heavy (non-hydrogen) atoms. The van der Waals surface area contributed by atoms with Gasteiger partial charge in [-0.2, -0.15) is 0 Å². The number of likely N-dealkylation sites (tertiary alicyclic amines) is 1. The summed E-state index contributed by atoms with van der Waals surface area (Å²) in [4.78, 5) is 26.0. The molecule has 1 amide bonds. The maximum absolute atomic E-state index is 12.6. The van der Waals surface area contributed by atoms with E-state index in [9.17, 15) is 9.59 Å². The minimum Gasteiger partial charge on any atom is -0.465 e. The van der Waals surface area contributed by atoms with E-state index in [4.69, 9.17) is 0 Å². The molecular weight excluding hydrogens is 326 g/mol. The Labute approximate surface area is 154 Å². The Morgan fingerprint density at radius 1 is 1.12 bits per heavy atom. The Kier molecular flexibility index (Phi) is 5.84. The molecule has 2 aromatic carbocycles. The van der Waals surface area contributed by atoms with E-state index in [0.717, 1.165) is 31.4 Å². The van der Waals surface area contributed by atoms with E-state index in [1.807, 2.05) is 35.2 Å². The molecule has 0 N–H and O–H groups in total. The van der Waals surface area contributed by atoms with Gasteiger partial charge in [0.05, 0.1) is 12.7 Å². The van der Waals surface area contributed by atoms with E-state index < -0.39 is 0 Å². The molecule has 3 rings (SSSR count). The van der Waals surface area contributed by atoms with Crippen LogP contribution in [0, 0.1) is 0 Å². The Morgan fingerprint density at radius 2 is 1.85 bits per heavy atom. The van der Waals surface area contributed by atoms with Gasteiger partial charge in [-0.15, -0.1) is 0 Å². The van der Waals surface area contributed by atoms with Crippen LogP contribution in [0.25, 0.3) is 6.08 Å². The summed E-state index contributed by atoms with van der Waals surface area (Å²) in [5, 5.41) is 0. The fourth-order valence-electron chi connectivity index (χ4n) is 3.34. The van der Waals surface area contributed by atoms with E-state index in [1.165, 1.54) is 12.7 Å². The fraction of sp³-hybridized carbons (Fsp3) is 0.273. The highest BCUT2D eigenvalue weighted by atomic mass is 16.5. The highest BCUT2D eigenvalue weighted by Crippen LogP contribution is 2.22. The van der Waals surface area contributed by atoms with Crippen LogP contribution in [0.15, 0.2) is 60.7 Å². The molecule has 0 aliphatic carbocycles. The molecule has 0 radical (unpaired) electrons. The van der Waals surface area contributed by atoms with Crippen LogP contribution in [-0.4, -0.2) is 36.5 Å². The molecule has 1 unspecified atom stereocenters. The van der Waals surface area contributed by atoms with Gasteiger partial charge in [0.2, 0.25) is 5.91 Å². The van der Waals surface area contributed by atoms with Crippen LogP contribution >= 0.6 is 0 Å². The summed E-state index contributed by atoms with van der Waals surface area (Å²) in [6.45, 7) is 0.807. The molecule has 4 heteroatoms. The highest BCUT2D eigenvalue weighted by molar-refractivity contribution is 5.93. The molecule has 1 aliphatic heterocycles. The number of esters is 1. The number of hydrogen-bond donors (Lipinski definition) is 0. The van der Waals surface area contributed by atoms with Gasteiger partial charge in [-0.25, -0.2) is 4.79 Å². The van der Waals surface area contributed by atoms with Crippen molar-refractivity contribution in [2.24, 2.45) is 0 Å². The molecule has 1 aliphatic rings. The molecule has 2 aromatic rings. The first-order valence-corrected chi connectivity index (χ1v) is 8.88. The number of benzene rings is 2. The summed E-state index contributed by atoms with van der Waals surface area (Å²) >= 11 is 0. The van der Waals surface area contributed by atoms with Gasteiger partial charge in [0, 0.05) is 18.7 Å². The highest BCUT2D eigenvalue weighted by Gasteiger charge is 2.27. The normalized spacial score (nSPS) is 16.8. The van der Waals surface area contributed by atoms with Crippen molar-refractivity contribution in [1.29, 1.82) is 0 Å². The maximum Gasteiger partial charge on any atom is 0.337 e. The molecule has 4 nitrogen and oxygen atoms in total. The van der Waals surface area contributed by atoms with Crippen LogP contribution in [0.3, 0.4) is 0 Å². The van der Waals surface area contributed by atoms with Gasteiger partial charge in [-0.1, -0.05) is 42.5 Å². The minimum atomic E-state index is -0.363. The van der Waals surface area contributed by atoms with Gasteiger partial charge >= 0.3 is 5.97 Å². The zero-order chi connectivity index (χ0) is 18.4. The van der Waals surface area contributed by atoms with Crippen molar-refractivity contribution >= 4 is 18.0 Å². The molecule has 134 valence electrons. The standard InChI is InChI=1S/C22H23NO3/c1-26-22(25)19-12-9-17(10-13-19)11-14-21(24)23-15-5-8-20(23)16-18-6-3-2-4-7-18/h2-4,6-7,9-14,20H,5,8,15-16H2,1H3/b14-11+. The van der Waals surface area contributed by atoms with Crippen LogP contribution < -0.4 is 0 Å². The lowest BCUT2D eigenvalue weighted by Gasteiger charge is -2.23. The van der Waals surface area contributed by atoms with Crippen molar-refractivity contribution in [3.8, 4) is 0 Å². The summed E-state index contributed by atoms with van der Waals surface area (Å²) in [5.74, 6) is -0.321. The van der Waals surface area contributed by atoms with Crippen molar-refractivity contribution < 1.29 is 14.3 Å². The molecule has 0 spiro atoms. The first-order valence-electron chi connectivity index (χ1n) is 8.88. The summed E-state index contributed by atoms with van der Waals surface area (Å²) in [6.07, 6.45) is 6.40. The third kappa shape index (κ3) is 4.39. The van der Waals surface area contributed by atoms with E-state index in [2.05, 4.69) is 16.9 Å². The van der Waals surface area contributed by atoms with E-state index >= 15 is 0 Å². The lowest BCUT2D eigenvalue weighted by atomic mass is 10.0. The van der Waals surface area contributed by atoms with Gasteiger partial charge in [-0.05, 0) is 48.6 Å². The number of rotatable bonds is 5. The second kappa shape index (κ2) is 8.48. The molecule has 0 saturated carbocycles. The maximum atomic E-state index is 12.6. The number of ether oxygens (including phenoxy) is 1. The molecule has 0 bridgehead atoms. The lowest BCUT2D eigenvalue weighted by molar-refractivity contribution is -0.126. The Morgan fingerprint density at radius 3 is 2.54 bits per heavy atom. The van der Waals surface area contributed by atoms with E-state index in [0.29, 0.717) is 5.56 Å².